The van der Waals surface area contributed by atoms with E-state index in [4.69, 9.17) is 5.73 Å². The zero-order chi connectivity index (χ0) is 14.6. The van der Waals surface area contributed by atoms with Gasteiger partial charge in [-0.3, -0.25) is 9.59 Å². The predicted octanol–water partition coefficient (Wildman–Crippen LogP) is 1.02. The standard InChI is InChI=1S/C14H27N3O2/c1-9(2)17(11(4)18)13-8-6-5-7-12(13)16-14(19)10(3)15/h9-10,12-13H,5-8,15H2,1-4H3,(H,16,19)/t10-,12+,13-/m0/s1. The average molecular weight is 269 g/mol. The van der Waals surface area contributed by atoms with E-state index < -0.39 is 6.04 Å². The predicted molar refractivity (Wildman–Crippen MR) is 75.5 cm³/mol. The third-order valence-corrected chi connectivity index (χ3v) is 3.75. The van der Waals surface area contributed by atoms with Gasteiger partial charge in [0.1, 0.15) is 0 Å². The summed E-state index contributed by atoms with van der Waals surface area (Å²) < 4.78 is 0. The van der Waals surface area contributed by atoms with Crippen molar-refractivity contribution in [2.45, 2.75) is 77.5 Å². The van der Waals surface area contributed by atoms with Gasteiger partial charge in [-0.1, -0.05) is 12.8 Å². The molecule has 5 nitrogen and oxygen atoms in total. The molecule has 0 bridgehead atoms. The molecule has 1 saturated carbocycles. The number of carbonyl (C=O) groups is 2. The van der Waals surface area contributed by atoms with Gasteiger partial charge in [-0.2, -0.15) is 0 Å². The Kier molecular flexibility index (Phi) is 5.79. The lowest BCUT2D eigenvalue weighted by Gasteiger charge is -2.42. The second-order valence-corrected chi connectivity index (χ2v) is 5.78. The van der Waals surface area contributed by atoms with Crippen LogP contribution in [0.15, 0.2) is 0 Å². The van der Waals surface area contributed by atoms with Gasteiger partial charge >= 0.3 is 0 Å². The fraction of sp³-hybridized carbons (Fsp3) is 0.857. The molecule has 0 aromatic rings. The van der Waals surface area contributed by atoms with Crippen molar-refractivity contribution in [2.24, 2.45) is 5.73 Å². The van der Waals surface area contributed by atoms with Crippen molar-refractivity contribution in [2.75, 3.05) is 0 Å². The highest BCUT2D eigenvalue weighted by Crippen LogP contribution is 2.25. The first-order valence-corrected chi connectivity index (χ1v) is 7.19. The summed E-state index contributed by atoms with van der Waals surface area (Å²) in [6.45, 7) is 7.30. The molecule has 2 amide bonds. The molecule has 1 aliphatic rings. The van der Waals surface area contributed by atoms with Crippen LogP contribution in [0.2, 0.25) is 0 Å². The summed E-state index contributed by atoms with van der Waals surface area (Å²) in [6, 6.07) is -0.241. The third-order valence-electron chi connectivity index (χ3n) is 3.75. The van der Waals surface area contributed by atoms with Gasteiger partial charge in [0, 0.05) is 19.0 Å². The fourth-order valence-electron chi connectivity index (χ4n) is 2.91. The fourth-order valence-corrected chi connectivity index (χ4v) is 2.91. The molecule has 0 heterocycles. The minimum atomic E-state index is -0.507. The van der Waals surface area contributed by atoms with Crippen LogP contribution in [0.3, 0.4) is 0 Å². The van der Waals surface area contributed by atoms with Crippen LogP contribution in [0.1, 0.15) is 53.4 Å². The SMILES string of the molecule is CC(=O)N(C(C)C)[C@H]1CCCC[C@H]1NC(=O)[C@H](C)N. The second-order valence-electron chi connectivity index (χ2n) is 5.78. The zero-order valence-corrected chi connectivity index (χ0v) is 12.5. The van der Waals surface area contributed by atoms with Gasteiger partial charge in [0.25, 0.3) is 0 Å². The highest BCUT2D eigenvalue weighted by atomic mass is 16.2. The highest BCUT2D eigenvalue weighted by Gasteiger charge is 2.34. The molecule has 19 heavy (non-hydrogen) atoms. The van der Waals surface area contributed by atoms with E-state index in [9.17, 15) is 9.59 Å². The second kappa shape index (κ2) is 6.89. The molecule has 3 atom stereocenters. The number of rotatable bonds is 4. The molecule has 110 valence electrons. The number of nitrogens with zero attached hydrogens (tertiary/aromatic N) is 1. The lowest BCUT2D eigenvalue weighted by molar-refractivity contribution is -0.136. The number of hydrogen-bond donors (Lipinski definition) is 2. The van der Waals surface area contributed by atoms with E-state index >= 15 is 0 Å². The Morgan fingerprint density at radius 3 is 2.26 bits per heavy atom. The van der Waals surface area contributed by atoms with Crippen LogP contribution in [-0.2, 0) is 9.59 Å². The minimum absolute atomic E-state index is 0.0264. The molecule has 3 N–H and O–H groups in total. The van der Waals surface area contributed by atoms with Gasteiger partial charge in [-0.15, -0.1) is 0 Å². The number of hydrogen-bond acceptors (Lipinski definition) is 3. The molecule has 0 spiro atoms. The first kappa shape index (κ1) is 16.0. The molecular formula is C14H27N3O2. The summed E-state index contributed by atoms with van der Waals surface area (Å²) in [7, 11) is 0. The number of amides is 2. The van der Waals surface area contributed by atoms with Crippen molar-refractivity contribution in [3.8, 4) is 0 Å². The zero-order valence-electron chi connectivity index (χ0n) is 12.5. The van der Waals surface area contributed by atoms with Crippen LogP contribution >= 0.6 is 0 Å². The maximum absolute atomic E-state index is 11.8. The molecule has 1 rings (SSSR count). The van der Waals surface area contributed by atoms with Crippen molar-refractivity contribution in [3.63, 3.8) is 0 Å². The number of nitrogens with two attached hydrogens (primary N) is 1. The normalized spacial score (nSPS) is 24.9. The number of carbonyl (C=O) groups excluding carboxylic acids is 2. The van der Waals surface area contributed by atoms with Crippen molar-refractivity contribution >= 4 is 11.8 Å². The Hall–Kier alpha value is -1.10. The van der Waals surface area contributed by atoms with Gasteiger partial charge in [-0.05, 0) is 33.6 Å². The summed E-state index contributed by atoms with van der Waals surface area (Å²) in [5, 5.41) is 3.00. The monoisotopic (exact) mass is 269 g/mol. The highest BCUT2D eigenvalue weighted by molar-refractivity contribution is 5.81. The van der Waals surface area contributed by atoms with Gasteiger partial charge in [0.2, 0.25) is 11.8 Å². The quantitative estimate of drug-likeness (QED) is 0.800. The van der Waals surface area contributed by atoms with E-state index in [0.717, 1.165) is 25.7 Å². The van der Waals surface area contributed by atoms with E-state index in [1.54, 1.807) is 13.8 Å². The molecule has 0 saturated heterocycles. The summed E-state index contributed by atoms with van der Waals surface area (Å²) in [5.74, 6) is -0.0638. The summed E-state index contributed by atoms with van der Waals surface area (Å²) in [6.07, 6.45) is 4.05. The number of nitrogens with one attached hydrogen (secondary N) is 1. The average Bonchev–Trinajstić information content (AvgIpc) is 2.30. The molecule has 1 fully saturated rings. The molecule has 0 radical (unpaired) electrons. The van der Waals surface area contributed by atoms with Gasteiger partial charge < -0.3 is 16.0 Å². The largest absolute Gasteiger partial charge is 0.350 e. The van der Waals surface area contributed by atoms with Gasteiger partial charge in [-0.25, -0.2) is 0 Å². The van der Waals surface area contributed by atoms with Gasteiger partial charge in [0.15, 0.2) is 0 Å². The minimum Gasteiger partial charge on any atom is -0.350 e. The Morgan fingerprint density at radius 2 is 1.79 bits per heavy atom. The first-order valence-electron chi connectivity index (χ1n) is 7.19. The lowest BCUT2D eigenvalue weighted by Crippen LogP contribution is -2.58. The van der Waals surface area contributed by atoms with Crippen LogP contribution in [0.5, 0.6) is 0 Å². The maximum atomic E-state index is 11.8. The van der Waals surface area contributed by atoms with Crippen molar-refractivity contribution in [1.29, 1.82) is 0 Å². The van der Waals surface area contributed by atoms with E-state index in [1.165, 1.54) is 0 Å². The Bertz CT molecular complexity index is 329. The third kappa shape index (κ3) is 4.20. The van der Waals surface area contributed by atoms with E-state index in [0.29, 0.717) is 0 Å². The van der Waals surface area contributed by atoms with Gasteiger partial charge in [0.05, 0.1) is 12.1 Å². The summed E-state index contributed by atoms with van der Waals surface area (Å²) >= 11 is 0. The Labute approximate surface area is 115 Å². The molecule has 0 unspecified atom stereocenters. The lowest BCUT2D eigenvalue weighted by atomic mass is 9.88. The van der Waals surface area contributed by atoms with Crippen molar-refractivity contribution in [1.82, 2.24) is 10.2 Å². The van der Waals surface area contributed by atoms with Crippen molar-refractivity contribution in [3.05, 3.63) is 0 Å². The Morgan fingerprint density at radius 1 is 1.21 bits per heavy atom. The van der Waals surface area contributed by atoms with Crippen LogP contribution in [0.25, 0.3) is 0 Å². The molecule has 0 aromatic carbocycles. The van der Waals surface area contributed by atoms with Crippen LogP contribution in [0.4, 0.5) is 0 Å². The molecule has 5 heteroatoms. The van der Waals surface area contributed by atoms with Crippen LogP contribution < -0.4 is 11.1 Å². The van der Waals surface area contributed by atoms with Crippen molar-refractivity contribution < 1.29 is 9.59 Å². The van der Waals surface area contributed by atoms with Crippen LogP contribution in [-0.4, -0.2) is 40.9 Å². The topological polar surface area (TPSA) is 75.4 Å². The molecule has 0 aromatic heterocycles. The van der Waals surface area contributed by atoms with E-state index in [1.807, 2.05) is 18.7 Å². The summed E-state index contributed by atoms with van der Waals surface area (Å²) in [5.41, 5.74) is 5.60. The van der Waals surface area contributed by atoms with E-state index in [-0.39, 0.29) is 29.9 Å². The molecular weight excluding hydrogens is 242 g/mol. The van der Waals surface area contributed by atoms with E-state index in [2.05, 4.69) is 5.32 Å². The smallest absolute Gasteiger partial charge is 0.236 e. The molecule has 0 aliphatic heterocycles. The van der Waals surface area contributed by atoms with Crippen LogP contribution in [0, 0.1) is 0 Å². The Balaban J connectivity index is 2.81. The molecule has 1 aliphatic carbocycles. The first-order chi connectivity index (χ1) is 8.84. The maximum Gasteiger partial charge on any atom is 0.236 e. The summed E-state index contributed by atoms with van der Waals surface area (Å²) in [4.78, 5) is 25.5.